The van der Waals surface area contributed by atoms with Crippen LogP contribution >= 0.6 is 0 Å². The molecule has 1 atom stereocenters. The van der Waals surface area contributed by atoms with Gasteiger partial charge in [-0.25, -0.2) is 8.78 Å². The van der Waals surface area contributed by atoms with E-state index < -0.39 is 11.6 Å². The van der Waals surface area contributed by atoms with Crippen LogP contribution in [0, 0.1) is 32.4 Å². The molecule has 0 aliphatic carbocycles. The zero-order valence-corrected chi connectivity index (χ0v) is 14.8. The van der Waals surface area contributed by atoms with Gasteiger partial charge in [0.15, 0.2) is 0 Å². The van der Waals surface area contributed by atoms with E-state index in [1.165, 1.54) is 12.1 Å². The van der Waals surface area contributed by atoms with Crippen LogP contribution in [-0.4, -0.2) is 16.5 Å². The summed E-state index contributed by atoms with van der Waals surface area (Å²) in [5.41, 5.74) is 3.69. The molecule has 0 spiro atoms. The Hall–Kier alpha value is -2.17. The van der Waals surface area contributed by atoms with Crippen LogP contribution in [0.15, 0.2) is 18.2 Å². The average molecular weight is 334 g/mol. The highest BCUT2D eigenvalue weighted by molar-refractivity contribution is 5.95. The van der Waals surface area contributed by atoms with Gasteiger partial charge in [0.2, 0.25) is 0 Å². The van der Waals surface area contributed by atoms with E-state index >= 15 is 0 Å². The Balaban J connectivity index is 2.45. The number of benzene rings is 1. The lowest BCUT2D eigenvalue weighted by molar-refractivity contribution is 0.0929. The maximum absolute atomic E-state index is 14.0. The molecule has 5 heteroatoms. The first-order valence-electron chi connectivity index (χ1n) is 8.17. The zero-order valence-electron chi connectivity index (χ0n) is 14.8. The van der Waals surface area contributed by atoms with Gasteiger partial charge in [0.05, 0.1) is 6.54 Å². The van der Waals surface area contributed by atoms with Crippen LogP contribution in [0.2, 0.25) is 0 Å². The Morgan fingerprint density at radius 2 is 1.88 bits per heavy atom. The standard InChI is InChI=1S/C19H24F2N2O/c1-6-11(2)22-19(24)18-13(4)12(3)14(5)23(18)10-15-7-8-16(20)9-17(15)21/h7-9,11H,6,10H2,1-5H3,(H,22,24)/t11-/m1/s1. The Morgan fingerprint density at radius 3 is 2.46 bits per heavy atom. The van der Waals surface area contributed by atoms with Gasteiger partial charge in [-0.15, -0.1) is 0 Å². The molecule has 24 heavy (non-hydrogen) atoms. The normalized spacial score (nSPS) is 12.3. The van der Waals surface area contributed by atoms with E-state index in [4.69, 9.17) is 0 Å². The maximum Gasteiger partial charge on any atom is 0.268 e. The SMILES string of the molecule is CC[C@@H](C)NC(=O)c1c(C)c(C)c(C)n1Cc1ccc(F)cc1F. The number of halogens is 2. The summed E-state index contributed by atoms with van der Waals surface area (Å²) in [4.78, 5) is 12.7. The molecule has 2 aromatic rings. The highest BCUT2D eigenvalue weighted by Crippen LogP contribution is 2.24. The monoisotopic (exact) mass is 334 g/mol. The molecule has 0 aliphatic heterocycles. The van der Waals surface area contributed by atoms with Crippen molar-refractivity contribution < 1.29 is 13.6 Å². The number of aromatic nitrogens is 1. The van der Waals surface area contributed by atoms with Crippen molar-refractivity contribution in [2.75, 3.05) is 0 Å². The molecular formula is C19H24F2N2O. The highest BCUT2D eigenvalue weighted by atomic mass is 19.1. The van der Waals surface area contributed by atoms with Crippen molar-refractivity contribution in [2.45, 2.75) is 53.6 Å². The lowest BCUT2D eigenvalue weighted by Gasteiger charge is -2.16. The Labute approximate surface area is 141 Å². The lowest BCUT2D eigenvalue weighted by atomic mass is 10.1. The van der Waals surface area contributed by atoms with Gasteiger partial charge < -0.3 is 9.88 Å². The number of nitrogens with zero attached hydrogens (tertiary/aromatic N) is 1. The summed E-state index contributed by atoms with van der Waals surface area (Å²) < 4.78 is 28.9. The fourth-order valence-electron chi connectivity index (χ4n) is 2.73. The molecule has 2 rings (SSSR count). The van der Waals surface area contributed by atoms with Crippen molar-refractivity contribution in [1.29, 1.82) is 0 Å². The van der Waals surface area contributed by atoms with Gasteiger partial charge in [-0.3, -0.25) is 4.79 Å². The zero-order chi connectivity index (χ0) is 18.0. The summed E-state index contributed by atoms with van der Waals surface area (Å²) in [5.74, 6) is -1.38. The molecule has 0 fully saturated rings. The third kappa shape index (κ3) is 3.50. The fourth-order valence-corrected chi connectivity index (χ4v) is 2.73. The molecule has 0 unspecified atom stereocenters. The second-order valence-corrected chi connectivity index (χ2v) is 6.29. The maximum atomic E-state index is 14.0. The summed E-state index contributed by atoms with van der Waals surface area (Å²) in [7, 11) is 0. The molecule has 0 aliphatic rings. The van der Waals surface area contributed by atoms with E-state index in [0.29, 0.717) is 11.3 Å². The summed E-state index contributed by atoms with van der Waals surface area (Å²) in [5, 5.41) is 2.96. The van der Waals surface area contributed by atoms with E-state index in [0.717, 1.165) is 29.3 Å². The molecule has 0 bridgehead atoms. The van der Waals surface area contributed by atoms with Crippen LogP contribution in [0.1, 0.15) is 53.1 Å². The van der Waals surface area contributed by atoms with Gasteiger partial charge in [0.1, 0.15) is 17.3 Å². The molecule has 3 nitrogen and oxygen atoms in total. The molecule has 1 aromatic heterocycles. The first-order chi connectivity index (χ1) is 11.3. The fraction of sp³-hybridized carbons (Fsp3) is 0.421. The van der Waals surface area contributed by atoms with Gasteiger partial charge in [-0.05, 0) is 51.3 Å². The average Bonchev–Trinajstić information content (AvgIpc) is 2.74. The van der Waals surface area contributed by atoms with Crippen molar-refractivity contribution >= 4 is 5.91 Å². The second kappa shape index (κ2) is 7.16. The van der Waals surface area contributed by atoms with Gasteiger partial charge >= 0.3 is 0 Å². The Morgan fingerprint density at radius 1 is 1.21 bits per heavy atom. The van der Waals surface area contributed by atoms with E-state index in [9.17, 15) is 13.6 Å². The number of rotatable bonds is 5. The number of nitrogens with one attached hydrogen (secondary N) is 1. The molecule has 1 aromatic carbocycles. The van der Waals surface area contributed by atoms with Crippen LogP contribution < -0.4 is 5.32 Å². The third-order valence-electron chi connectivity index (χ3n) is 4.68. The number of carbonyl (C=O) groups excluding carboxylic acids is 1. The summed E-state index contributed by atoms with van der Waals surface area (Å²) in [6, 6.07) is 3.58. The minimum atomic E-state index is -0.609. The third-order valence-corrected chi connectivity index (χ3v) is 4.68. The topological polar surface area (TPSA) is 34.0 Å². The first-order valence-corrected chi connectivity index (χ1v) is 8.17. The van der Waals surface area contributed by atoms with Crippen LogP contribution in [0.5, 0.6) is 0 Å². The van der Waals surface area contributed by atoms with E-state index in [-0.39, 0.29) is 18.5 Å². The quantitative estimate of drug-likeness (QED) is 0.870. The summed E-state index contributed by atoms with van der Waals surface area (Å²) in [6.45, 7) is 9.88. The molecule has 1 N–H and O–H groups in total. The molecule has 0 saturated carbocycles. The number of hydrogen-bond donors (Lipinski definition) is 1. The second-order valence-electron chi connectivity index (χ2n) is 6.29. The van der Waals surface area contributed by atoms with Gasteiger partial charge in [-0.2, -0.15) is 0 Å². The molecule has 130 valence electrons. The molecule has 1 amide bonds. The summed E-state index contributed by atoms with van der Waals surface area (Å²) >= 11 is 0. The smallest absolute Gasteiger partial charge is 0.268 e. The van der Waals surface area contributed by atoms with Crippen molar-refractivity contribution in [1.82, 2.24) is 9.88 Å². The minimum Gasteiger partial charge on any atom is -0.348 e. The van der Waals surface area contributed by atoms with Gasteiger partial charge in [0, 0.05) is 23.4 Å². The number of hydrogen-bond acceptors (Lipinski definition) is 1. The molecule has 1 heterocycles. The van der Waals surface area contributed by atoms with Crippen LogP contribution in [-0.2, 0) is 6.54 Å². The highest BCUT2D eigenvalue weighted by Gasteiger charge is 2.22. The largest absolute Gasteiger partial charge is 0.348 e. The summed E-state index contributed by atoms with van der Waals surface area (Å²) in [6.07, 6.45) is 0.829. The minimum absolute atomic E-state index is 0.0587. The van der Waals surface area contributed by atoms with Gasteiger partial charge in [-0.1, -0.05) is 13.0 Å². The van der Waals surface area contributed by atoms with E-state index in [1.807, 2.05) is 34.6 Å². The number of amides is 1. The van der Waals surface area contributed by atoms with Crippen molar-refractivity contribution in [3.63, 3.8) is 0 Å². The van der Waals surface area contributed by atoms with E-state index in [1.54, 1.807) is 4.57 Å². The van der Waals surface area contributed by atoms with Crippen molar-refractivity contribution in [2.24, 2.45) is 0 Å². The van der Waals surface area contributed by atoms with Gasteiger partial charge in [0.25, 0.3) is 5.91 Å². The first kappa shape index (κ1) is 18.2. The molecule has 0 saturated heterocycles. The van der Waals surface area contributed by atoms with E-state index in [2.05, 4.69) is 5.32 Å². The predicted molar refractivity (Wildman–Crippen MR) is 91.3 cm³/mol. The molecular weight excluding hydrogens is 310 g/mol. The lowest BCUT2D eigenvalue weighted by Crippen LogP contribution is -2.34. The van der Waals surface area contributed by atoms with Crippen LogP contribution in [0.3, 0.4) is 0 Å². The van der Waals surface area contributed by atoms with Crippen molar-refractivity contribution in [3.05, 3.63) is 57.9 Å². The predicted octanol–water partition coefficient (Wildman–Crippen LogP) is 4.27. The Kier molecular flexibility index (Phi) is 5.42. The number of carbonyl (C=O) groups is 1. The van der Waals surface area contributed by atoms with Crippen LogP contribution in [0.25, 0.3) is 0 Å². The Bertz CT molecular complexity index is 765. The molecule has 0 radical (unpaired) electrons. The van der Waals surface area contributed by atoms with Crippen molar-refractivity contribution in [3.8, 4) is 0 Å². The van der Waals surface area contributed by atoms with Crippen LogP contribution in [0.4, 0.5) is 8.78 Å².